The lowest BCUT2D eigenvalue weighted by Gasteiger charge is -2.18. The molecule has 0 fully saturated rings. The highest BCUT2D eigenvalue weighted by Crippen LogP contribution is 2.20. The molecule has 0 spiro atoms. The first kappa shape index (κ1) is 15.8. The molecule has 0 saturated heterocycles. The van der Waals surface area contributed by atoms with Gasteiger partial charge in [0, 0.05) is 25.5 Å². The molecule has 1 aliphatic rings. The van der Waals surface area contributed by atoms with Crippen molar-refractivity contribution in [2.45, 2.75) is 64.5 Å². The zero-order valence-electron chi connectivity index (χ0n) is 12.1. The van der Waals surface area contributed by atoms with Crippen LogP contribution in [0, 0.1) is 0 Å². The van der Waals surface area contributed by atoms with Crippen molar-refractivity contribution in [3.8, 4) is 0 Å². The Labute approximate surface area is 116 Å². The molecule has 106 valence electrons. The number of methoxy groups -OCH3 is 1. The van der Waals surface area contributed by atoms with Crippen LogP contribution in [0.1, 0.15) is 52.4 Å². The number of unbranched alkanes of at least 4 members (excludes halogenated alkanes) is 1. The highest BCUT2D eigenvalue weighted by Gasteiger charge is 2.19. The van der Waals surface area contributed by atoms with Crippen molar-refractivity contribution in [3.63, 3.8) is 0 Å². The molecular weight excluding hydrogens is 244 g/mol. The molecule has 18 heavy (non-hydrogen) atoms. The van der Waals surface area contributed by atoms with Gasteiger partial charge in [0.15, 0.2) is 5.17 Å². The second-order valence-corrected chi connectivity index (χ2v) is 5.96. The van der Waals surface area contributed by atoms with Gasteiger partial charge in [-0.15, -0.1) is 0 Å². The van der Waals surface area contributed by atoms with Crippen molar-refractivity contribution in [3.05, 3.63) is 0 Å². The van der Waals surface area contributed by atoms with E-state index in [0.717, 1.165) is 23.9 Å². The van der Waals surface area contributed by atoms with Crippen LogP contribution < -0.4 is 5.32 Å². The standard InChI is InChI=1S/C14H28N2OS/c1-4-6-8-12(7-5-2)15-14-16-13(11-18-14)9-10-17-3/h12-13H,4-11H2,1-3H3,(H,15,16). The minimum atomic E-state index is 0.450. The van der Waals surface area contributed by atoms with Crippen LogP contribution in [0.3, 0.4) is 0 Å². The number of ether oxygens (including phenoxy) is 1. The van der Waals surface area contributed by atoms with Crippen molar-refractivity contribution in [1.29, 1.82) is 0 Å². The number of nitrogens with zero attached hydrogens (tertiary/aromatic N) is 1. The summed E-state index contributed by atoms with van der Waals surface area (Å²) in [6, 6.07) is 1.06. The largest absolute Gasteiger partial charge is 0.385 e. The summed E-state index contributed by atoms with van der Waals surface area (Å²) in [6.07, 6.45) is 7.39. The zero-order valence-corrected chi connectivity index (χ0v) is 12.9. The van der Waals surface area contributed by atoms with Gasteiger partial charge in [0.1, 0.15) is 0 Å². The third kappa shape index (κ3) is 6.10. The van der Waals surface area contributed by atoms with Crippen LogP contribution in [0.15, 0.2) is 4.99 Å². The van der Waals surface area contributed by atoms with E-state index in [1.165, 1.54) is 32.1 Å². The Hall–Kier alpha value is -0.220. The first-order chi connectivity index (χ1) is 8.80. The van der Waals surface area contributed by atoms with Crippen LogP contribution in [0.2, 0.25) is 0 Å². The number of hydrogen-bond donors (Lipinski definition) is 1. The van der Waals surface area contributed by atoms with Gasteiger partial charge in [-0.25, -0.2) is 0 Å². The third-order valence-corrected chi connectivity index (χ3v) is 4.29. The fourth-order valence-corrected chi connectivity index (χ4v) is 3.22. The maximum absolute atomic E-state index is 5.11. The molecule has 0 saturated carbocycles. The first-order valence-electron chi connectivity index (χ1n) is 7.26. The fraction of sp³-hybridized carbons (Fsp3) is 0.929. The number of thioether (sulfide) groups is 1. The smallest absolute Gasteiger partial charge is 0.157 e. The summed E-state index contributed by atoms with van der Waals surface area (Å²) in [6.45, 7) is 5.33. The van der Waals surface area contributed by atoms with Crippen molar-refractivity contribution < 1.29 is 4.74 Å². The van der Waals surface area contributed by atoms with Crippen LogP contribution in [-0.4, -0.2) is 36.7 Å². The van der Waals surface area contributed by atoms with Gasteiger partial charge in [-0.05, 0) is 19.3 Å². The van der Waals surface area contributed by atoms with Gasteiger partial charge in [0.05, 0.1) is 6.04 Å². The Bertz CT molecular complexity index is 246. The molecule has 0 aromatic carbocycles. The average Bonchev–Trinajstić information content (AvgIpc) is 2.81. The van der Waals surface area contributed by atoms with E-state index in [4.69, 9.17) is 9.73 Å². The molecule has 1 N–H and O–H groups in total. The molecule has 0 bridgehead atoms. The molecule has 1 heterocycles. The normalized spacial score (nSPS) is 20.8. The van der Waals surface area contributed by atoms with E-state index in [2.05, 4.69) is 19.2 Å². The second kappa shape index (κ2) is 9.68. The van der Waals surface area contributed by atoms with E-state index in [9.17, 15) is 0 Å². The van der Waals surface area contributed by atoms with Crippen LogP contribution in [0.25, 0.3) is 0 Å². The minimum absolute atomic E-state index is 0.450. The van der Waals surface area contributed by atoms with Gasteiger partial charge < -0.3 is 10.1 Å². The molecule has 0 radical (unpaired) electrons. The SMILES string of the molecule is CCCCC(CCC)NC1=NC(CCOC)CS1. The predicted octanol–water partition coefficient (Wildman–Crippen LogP) is 3.44. The molecule has 2 atom stereocenters. The maximum Gasteiger partial charge on any atom is 0.157 e. The maximum atomic E-state index is 5.11. The summed E-state index contributed by atoms with van der Waals surface area (Å²) >= 11 is 1.87. The monoisotopic (exact) mass is 272 g/mol. The number of rotatable bonds is 9. The van der Waals surface area contributed by atoms with Gasteiger partial charge in [0.2, 0.25) is 0 Å². The van der Waals surface area contributed by atoms with Crippen molar-refractivity contribution >= 4 is 16.9 Å². The lowest BCUT2D eigenvalue weighted by molar-refractivity contribution is 0.190. The number of nitrogens with one attached hydrogen (secondary N) is 1. The first-order valence-corrected chi connectivity index (χ1v) is 8.24. The van der Waals surface area contributed by atoms with Crippen molar-refractivity contribution in [2.75, 3.05) is 19.5 Å². The molecule has 0 amide bonds. The van der Waals surface area contributed by atoms with Crippen molar-refractivity contribution in [1.82, 2.24) is 5.32 Å². The van der Waals surface area contributed by atoms with Gasteiger partial charge in [-0.3, -0.25) is 4.99 Å². The summed E-state index contributed by atoms with van der Waals surface area (Å²) in [7, 11) is 1.76. The average molecular weight is 272 g/mol. The van der Waals surface area contributed by atoms with E-state index in [1.54, 1.807) is 7.11 Å². The second-order valence-electron chi connectivity index (χ2n) is 4.95. The summed E-state index contributed by atoms with van der Waals surface area (Å²) < 4.78 is 5.11. The Morgan fingerprint density at radius 2 is 2.22 bits per heavy atom. The summed E-state index contributed by atoms with van der Waals surface area (Å²) in [5, 5.41) is 4.79. The van der Waals surface area contributed by atoms with Gasteiger partial charge >= 0.3 is 0 Å². The van der Waals surface area contributed by atoms with E-state index in [1.807, 2.05) is 11.8 Å². The number of hydrogen-bond acceptors (Lipinski definition) is 4. The molecule has 0 aromatic rings. The molecule has 1 aliphatic heterocycles. The topological polar surface area (TPSA) is 33.6 Å². The molecule has 1 rings (SSSR count). The Morgan fingerprint density at radius 3 is 2.89 bits per heavy atom. The quantitative estimate of drug-likeness (QED) is 0.698. The van der Waals surface area contributed by atoms with Crippen LogP contribution >= 0.6 is 11.8 Å². The summed E-state index contributed by atoms with van der Waals surface area (Å²) in [5.41, 5.74) is 0. The minimum Gasteiger partial charge on any atom is -0.385 e. The molecule has 0 aromatic heterocycles. The number of amidine groups is 1. The summed E-state index contributed by atoms with van der Waals surface area (Å²) in [5.74, 6) is 1.11. The fourth-order valence-electron chi connectivity index (χ4n) is 2.16. The molecule has 2 unspecified atom stereocenters. The highest BCUT2D eigenvalue weighted by atomic mass is 32.2. The highest BCUT2D eigenvalue weighted by molar-refractivity contribution is 8.14. The molecule has 4 heteroatoms. The van der Waals surface area contributed by atoms with Gasteiger partial charge in [-0.2, -0.15) is 0 Å². The van der Waals surface area contributed by atoms with Crippen LogP contribution in [0.4, 0.5) is 0 Å². The summed E-state index contributed by atoms with van der Waals surface area (Å²) in [4.78, 5) is 4.74. The predicted molar refractivity (Wildman–Crippen MR) is 81.5 cm³/mol. The lowest BCUT2D eigenvalue weighted by Crippen LogP contribution is -2.32. The Balaban J connectivity index is 2.34. The number of aliphatic imine (C=N–C) groups is 1. The third-order valence-electron chi connectivity index (χ3n) is 3.24. The van der Waals surface area contributed by atoms with Crippen LogP contribution in [0.5, 0.6) is 0 Å². The van der Waals surface area contributed by atoms with Crippen molar-refractivity contribution in [2.24, 2.45) is 4.99 Å². The van der Waals surface area contributed by atoms with Gasteiger partial charge in [-0.1, -0.05) is 44.9 Å². The van der Waals surface area contributed by atoms with Gasteiger partial charge in [0.25, 0.3) is 0 Å². The molecule has 0 aliphatic carbocycles. The Kier molecular flexibility index (Phi) is 8.51. The van der Waals surface area contributed by atoms with E-state index in [0.29, 0.717) is 12.1 Å². The molecule has 3 nitrogen and oxygen atoms in total. The van der Waals surface area contributed by atoms with E-state index in [-0.39, 0.29) is 0 Å². The van der Waals surface area contributed by atoms with Crippen LogP contribution in [-0.2, 0) is 4.74 Å². The Morgan fingerprint density at radius 1 is 1.39 bits per heavy atom. The van der Waals surface area contributed by atoms with E-state index < -0.39 is 0 Å². The molecular formula is C14H28N2OS. The lowest BCUT2D eigenvalue weighted by atomic mass is 10.1. The van der Waals surface area contributed by atoms with E-state index >= 15 is 0 Å². The zero-order chi connectivity index (χ0) is 13.2.